The van der Waals surface area contributed by atoms with E-state index in [1.807, 2.05) is 0 Å². The highest BCUT2D eigenvalue weighted by Crippen LogP contribution is 2.17. The molecule has 0 bridgehead atoms. The van der Waals surface area contributed by atoms with Crippen LogP contribution in [-0.4, -0.2) is 39.0 Å². The van der Waals surface area contributed by atoms with Gasteiger partial charge >= 0.3 is 0 Å². The first-order valence-electron chi connectivity index (χ1n) is 5.55. The molecule has 0 aliphatic heterocycles. The molecule has 20 heavy (non-hydrogen) atoms. The van der Waals surface area contributed by atoms with Gasteiger partial charge < -0.3 is 21.0 Å². The number of rotatable bonds is 5. The van der Waals surface area contributed by atoms with E-state index in [0.717, 1.165) is 0 Å². The predicted molar refractivity (Wildman–Crippen MR) is 69.7 cm³/mol. The average molecular weight is 276 g/mol. The van der Waals surface area contributed by atoms with Gasteiger partial charge in [0.05, 0.1) is 6.20 Å². The highest BCUT2D eigenvalue weighted by atomic mass is 16.5. The number of carbonyl (C=O) groups is 1. The van der Waals surface area contributed by atoms with Gasteiger partial charge in [0.15, 0.2) is 11.5 Å². The van der Waals surface area contributed by atoms with Gasteiger partial charge in [-0.25, -0.2) is 0 Å². The van der Waals surface area contributed by atoms with E-state index in [-0.39, 0.29) is 18.1 Å². The van der Waals surface area contributed by atoms with Crippen LogP contribution in [0.5, 0.6) is 5.75 Å². The molecule has 0 spiro atoms. The quantitative estimate of drug-likeness (QED) is 0.266. The van der Waals surface area contributed by atoms with Gasteiger partial charge in [0.1, 0.15) is 12.4 Å². The molecule has 1 heterocycles. The highest BCUT2D eigenvalue weighted by Gasteiger charge is 2.09. The number of H-pyrrole nitrogens is 1. The Morgan fingerprint density at radius 1 is 1.55 bits per heavy atom. The molecule has 1 amide bonds. The Kier molecular flexibility index (Phi) is 4.12. The van der Waals surface area contributed by atoms with Crippen molar-refractivity contribution in [1.29, 1.82) is 0 Å². The monoisotopic (exact) mass is 276 g/mol. The number of amides is 1. The Hall–Kier alpha value is -3.10. The molecule has 1 aromatic carbocycles. The van der Waals surface area contributed by atoms with Crippen LogP contribution in [0.3, 0.4) is 0 Å². The van der Waals surface area contributed by atoms with Crippen LogP contribution in [0.1, 0.15) is 10.5 Å². The smallest absolute Gasteiger partial charge is 0.277 e. The summed E-state index contributed by atoms with van der Waals surface area (Å²) < 4.78 is 5.27. The zero-order valence-electron chi connectivity index (χ0n) is 10.3. The Balaban J connectivity index is 2.01. The molecule has 0 saturated heterocycles. The van der Waals surface area contributed by atoms with Gasteiger partial charge in [0, 0.05) is 11.8 Å². The van der Waals surface area contributed by atoms with Gasteiger partial charge in [-0.3, -0.25) is 4.79 Å². The molecule has 5 N–H and O–H groups in total. The Morgan fingerprint density at radius 3 is 3.10 bits per heavy atom. The largest absolute Gasteiger partial charge is 0.485 e. The fraction of sp³-hybridized carbons (Fsp3) is 0.0909. The lowest BCUT2D eigenvalue weighted by molar-refractivity contribution is 0.102. The van der Waals surface area contributed by atoms with Gasteiger partial charge in [-0.1, -0.05) is 11.2 Å². The van der Waals surface area contributed by atoms with Crippen molar-refractivity contribution >= 4 is 17.4 Å². The molecule has 0 fully saturated rings. The van der Waals surface area contributed by atoms with E-state index in [4.69, 9.17) is 15.7 Å². The summed E-state index contributed by atoms with van der Waals surface area (Å²) in [4.78, 5) is 11.8. The minimum absolute atomic E-state index is 0.0537. The third-order valence-corrected chi connectivity index (χ3v) is 2.25. The number of aromatic amines is 1. The maximum absolute atomic E-state index is 11.8. The van der Waals surface area contributed by atoms with Crippen molar-refractivity contribution in [1.82, 2.24) is 15.4 Å². The van der Waals surface area contributed by atoms with Crippen molar-refractivity contribution < 1.29 is 14.7 Å². The van der Waals surface area contributed by atoms with E-state index in [2.05, 4.69) is 25.9 Å². The number of nitrogens with zero attached hydrogens (tertiary/aromatic N) is 3. The van der Waals surface area contributed by atoms with Crippen LogP contribution in [0.15, 0.2) is 35.6 Å². The number of benzene rings is 1. The lowest BCUT2D eigenvalue weighted by atomic mass is 10.3. The first kappa shape index (κ1) is 13.3. The summed E-state index contributed by atoms with van der Waals surface area (Å²) in [5, 5.41) is 23.4. The molecule has 104 valence electrons. The maximum atomic E-state index is 11.8. The summed E-state index contributed by atoms with van der Waals surface area (Å²) in [6.45, 7) is -0.0583. The number of hydrogen-bond donors (Lipinski definition) is 4. The molecule has 0 unspecified atom stereocenters. The van der Waals surface area contributed by atoms with Gasteiger partial charge in [-0.15, -0.1) is 0 Å². The number of carbonyl (C=O) groups excluding carboxylic acids is 1. The number of nitrogens with two attached hydrogens (primary N) is 1. The molecule has 1 aromatic heterocycles. The fourth-order valence-electron chi connectivity index (χ4n) is 1.36. The number of anilines is 1. The molecule has 0 saturated carbocycles. The number of aromatic nitrogens is 3. The molecule has 0 aliphatic rings. The lowest BCUT2D eigenvalue weighted by Crippen LogP contribution is -2.20. The minimum atomic E-state index is -0.396. The van der Waals surface area contributed by atoms with Crippen molar-refractivity contribution in [3.05, 3.63) is 36.2 Å². The Morgan fingerprint density at radius 2 is 2.40 bits per heavy atom. The summed E-state index contributed by atoms with van der Waals surface area (Å²) in [7, 11) is 0. The summed E-state index contributed by atoms with van der Waals surface area (Å²) in [5.41, 5.74) is 5.99. The van der Waals surface area contributed by atoms with Crippen LogP contribution < -0.4 is 15.8 Å². The normalized spacial score (nSPS) is 11.1. The van der Waals surface area contributed by atoms with Crippen molar-refractivity contribution in [2.24, 2.45) is 10.9 Å². The zero-order valence-corrected chi connectivity index (χ0v) is 10.3. The first-order chi connectivity index (χ1) is 9.69. The SMILES string of the molecule is N/C(COc1cccc(NC(=O)c2cn[nH]n2)c1)=N/O. The molecule has 9 nitrogen and oxygen atoms in total. The van der Waals surface area contributed by atoms with Crippen molar-refractivity contribution in [2.45, 2.75) is 0 Å². The molecule has 2 aromatic rings. The van der Waals surface area contributed by atoms with Crippen molar-refractivity contribution in [2.75, 3.05) is 11.9 Å². The maximum Gasteiger partial charge on any atom is 0.277 e. The van der Waals surface area contributed by atoms with E-state index >= 15 is 0 Å². The third kappa shape index (κ3) is 3.45. The Bertz CT molecular complexity index is 610. The van der Waals surface area contributed by atoms with Gasteiger partial charge in [-0.05, 0) is 12.1 Å². The van der Waals surface area contributed by atoms with Crippen LogP contribution in [0.2, 0.25) is 0 Å². The number of oxime groups is 1. The lowest BCUT2D eigenvalue weighted by Gasteiger charge is -2.07. The molecule has 9 heteroatoms. The summed E-state index contributed by atoms with van der Waals surface area (Å²) >= 11 is 0. The van der Waals surface area contributed by atoms with E-state index in [0.29, 0.717) is 11.4 Å². The highest BCUT2D eigenvalue weighted by molar-refractivity contribution is 6.02. The van der Waals surface area contributed by atoms with E-state index in [1.165, 1.54) is 6.20 Å². The first-order valence-corrected chi connectivity index (χ1v) is 5.55. The van der Waals surface area contributed by atoms with Crippen LogP contribution in [0, 0.1) is 0 Å². The second-order valence-electron chi connectivity index (χ2n) is 3.72. The van der Waals surface area contributed by atoms with Gasteiger partial charge in [-0.2, -0.15) is 15.4 Å². The van der Waals surface area contributed by atoms with Gasteiger partial charge in [0.25, 0.3) is 5.91 Å². The average Bonchev–Trinajstić information content (AvgIpc) is 2.99. The standard InChI is InChI=1S/C11H12N6O3/c12-10(16-19)6-20-8-3-1-2-7(4-8)14-11(18)9-5-13-17-15-9/h1-5,19H,6H2,(H2,12,16)(H,14,18)(H,13,15,17). The second kappa shape index (κ2) is 6.18. The van der Waals surface area contributed by atoms with Crippen LogP contribution >= 0.6 is 0 Å². The van der Waals surface area contributed by atoms with Crippen LogP contribution in [-0.2, 0) is 0 Å². The van der Waals surface area contributed by atoms with Crippen molar-refractivity contribution in [3.63, 3.8) is 0 Å². The van der Waals surface area contributed by atoms with Crippen LogP contribution in [0.4, 0.5) is 5.69 Å². The molecular weight excluding hydrogens is 264 g/mol. The number of amidine groups is 1. The zero-order chi connectivity index (χ0) is 14.4. The summed E-state index contributed by atoms with van der Waals surface area (Å²) in [5.74, 6) is 0.0175. The third-order valence-electron chi connectivity index (χ3n) is 2.25. The summed E-state index contributed by atoms with van der Waals surface area (Å²) in [6.07, 6.45) is 1.31. The topological polar surface area (TPSA) is 139 Å². The van der Waals surface area contributed by atoms with Crippen LogP contribution in [0.25, 0.3) is 0 Å². The minimum Gasteiger partial charge on any atom is -0.485 e. The van der Waals surface area contributed by atoms with E-state index < -0.39 is 5.91 Å². The Labute approximate surface area is 113 Å². The van der Waals surface area contributed by atoms with Crippen molar-refractivity contribution in [3.8, 4) is 5.75 Å². The molecule has 0 aliphatic carbocycles. The number of nitrogens with one attached hydrogen (secondary N) is 2. The molecular formula is C11H12N6O3. The second-order valence-corrected chi connectivity index (χ2v) is 3.72. The molecule has 0 atom stereocenters. The molecule has 2 rings (SSSR count). The fourth-order valence-corrected chi connectivity index (χ4v) is 1.36. The number of hydrogen-bond acceptors (Lipinski definition) is 6. The molecule has 0 radical (unpaired) electrons. The van der Waals surface area contributed by atoms with Gasteiger partial charge in [0.2, 0.25) is 0 Å². The predicted octanol–water partition coefficient (Wildman–Crippen LogP) is 0.182. The van der Waals surface area contributed by atoms with E-state index in [9.17, 15) is 4.79 Å². The summed E-state index contributed by atoms with van der Waals surface area (Å²) in [6, 6.07) is 6.66. The van der Waals surface area contributed by atoms with E-state index in [1.54, 1.807) is 24.3 Å². The number of ether oxygens (including phenoxy) is 1.